The summed E-state index contributed by atoms with van der Waals surface area (Å²) < 4.78 is 12.3. The van der Waals surface area contributed by atoms with Gasteiger partial charge in [0.05, 0.1) is 20.1 Å². The largest absolute Gasteiger partial charge is 0.486 e. The van der Waals surface area contributed by atoms with Crippen molar-refractivity contribution in [3.8, 4) is 11.5 Å². The number of quaternary nitrogens is 1. The molecule has 35 heavy (non-hydrogen) atoms. The smallest absolute Gasteiger partial charge is 0.247 e. The van der Waals surface area contributed by atoms with Crippen LogP contribution in [0, 0.1) is 5.92 Å². The van der Waals surface area contributed by atoms with Crippen molar-refractivity contribution in [3.63, 3.8) is 0 Å². The Labute approximate surface area is 209 Å². The van der Waals surface area contributed by atoms with Crippen molar-refractivity contribution in [2.24, 2.45) is 5.92 Å². The number of hydrogen-bond donors (Lipinski definition) is 1. The summed E-state index contributed by atoms with van der Waals surface area (Å²) in [6.45, 7) is 6.56. The van der Waals surface area contributed by atoms with Crippen molar-refractivity contribution in [2.75, 3.05) is 39.9 Å². The molecule has 3 heterocycles. The minimum atomic E-state index is -0.694. The van der Waals surface area contributed by atoms with E-state index in [-0.39, 0.29) is 17.9 Å². The van der Waals surface area contributed by atoms with Gasteiger partial charge in [0.1, 0.15) is 31.3 Å². The molecule has 3 aliphatic heterocycles. The molecule has 1 spiro atoms. The molecule has 1 saturated carbocycles. The Balaban J connectivity index is 1.28. The average molecular weight is 485 g/mol. The lowest BCUT2D eigenvalue weighted by Crippen LogP contribution is -2.74. The molecule has 1 aromatic rings. The van der Waals surface area contributed by atoms with E-state index in [1.807, 2.05) is 11.0 Å². The number of benzene rings is 1. The highest BCUT2D eigenvalue weighted by molar-refractivity contribution is 6.00. The third-order valence-corrected chi connectivity index (χ3v) is 8.85. The quantitative estimate of drug-likeness (QED) is 0.626. The first-order chi connectivity index (χ1) is 16.9. The lowest BCUT2D eigenvalue weighted by atomic mass is 9.78. The number of carbonyl (C=O) groups excluding carboxylic acids is 2. The molecule has 192 valence electrons. The maximum Gasteiger partial charge on any atom is 0.247 e. The van der Waals surface area contributed by atoms with Gasteiger partial charge in [-0.05, 0) is 37.0 Å². The van der Waals surface area contributed by atoms with Crippen LogP contribution >= 0.6 is 0 Å². The highest BCUT2D eigenvalue weighted by Crippen LogP contribution is 2.38. The van der Waals surface area contributed by atoms with E-state index in [0.29, 0.717) is 38.5 Å². The van der Waals surface area contributed by atoms with Gasteiger partial charge in [-0.2, -0.15) is 0 Å². The minimum absolute atomic E-state index is 0.0805. The number of likely N-dealkylation sites (tertiary alicyclic amines) is 1. The van der Waals surface area contributed by atoms with E-state index in [1.165, 1.54) is 37.7 Å². The Hall–Kier alpha value is -2.28. The van der Waals surface area contributed by atoms with E-state index in [4.69, 9.17) is 9.47 Å². The molecular formula is C28H42N3O4+. The van der Waals surface area contributed by atoms with Crippen molar-refractivity contribution in [1.82, 2.24) is 10.2 Å². The van der Waals surface area contributed by atoms with Crippen LogP contribution in [0.5, 0.6) is 11.5 Å². The lowest BCUT2D eigenvalue weighted by molar-refractivity contribution is -0.928. The highest BCUT2D eigenvalue weighted by atomic mass is 16.6. The number of piperidine rings is 1. The number of carbonyl (C=O) groups is 2. The van der Waals surface area contributed by atoms with Crippen LogP contribution in [0.3, 0.4) is 0 Å². The first-order valence-electron chi connectivity index (χ1n) is 13.8. The van der Waals surface area contributed by atoms with Gasteiger partial charge in [-0.3, -0.25) is 9.59 Å². The van der Waals surface area contributed by atoms with E-state index in [9.17, 15) is 9.59 Å². The molecule has 7 heteroatoms. The molecule has 1 aliphatic carbocycles. The van der Waals surface area contributed by atoms with Crippen molar-refractivity contribution >= 4 is 11.8 Å². The molecule has 7 nitrogen and oxygen atoms in total. The summed E-state index contributed by atoms with van der Waals surface area (Å²) in [5, 5.41) is 3.21. The molecule has 1 unspecified atom stereocenters. The second-order valence-corrected chi connectivity index (χ2v) is 11.5. The van der Waals surface area contributed by atoms with Gasteiger partial charge in [0.2, 0.25) is 11.8 Å². The topological polar surface area (TPSA) is 67.9 Å². The van der Waals surface area contributed by atoms with Crippen LogP contribution in [-0.4, -0.2) is 72.7 Å². The molecule has 3 fully saturated rings. The Morgan fingerprint density at radius 2 is 1.77 bits per heavy atom. The van der Waals surface area contributed by atoms with Crippen LogP contribution in [0.25, 0.3) is 0 Å². The van der Waals surface area contributed by atoms with Gasteiger partial charge in [0.25, 0.3) is 0 Å². The highest BCUT2D eigenvalue weighted by Gasteiger charge is 2.55. The molecule has 0 bridgehead atoms. The fourth-order valence-electron chi connectivity index (χ4n) is 6.77. The second kappa shape index (κ2) is 10.00. The molecule has 4 aliphatic rings. The average Bonchev–Trinajstić information content (AvgIpc) is 2.87. The van der Waals surface area contributed by atoms with Gasteiger partial charge in [0, 0.05) is 24.9 Å². The van der Waals surface area contributed by atoms with Crippen LogP contribution < -0.4 is 14.8 Å². The minimum Gasteiger partial charge on any atom is -0.486 e. The van der Waals surface area contributed by atoms with E-state index in [1.54, 1.807) is 0 Å². The summed E-state index contributed by atoms with van der Waals surface area (Å²) >= 11 is 0. The van der Waals surface area contributed by atoms with Gasteiger partial charge in [0.15, 0.2) is 11.5 Å². The summed E-state index contributed by atoms with van der Waals surface area (Å²) in [5.74, 6) is 2.43. The molecule has 2 amide bonds. The molecule has 0 aromatic heterocycles. The van der Waals surface area contributed by atoms with E-state index in [2.05, 4.69) is 31.4 Å². The number of ether oxygens (including phenoxy) is 2. The Bertz CT molecular complexity index is 934. The fourth-order valence-corrected chi connectivity index (χ4v) is 6.77. The number of fused-ring (bicyclic) bond motifs is 1. The zero-order valence-corrected chi connectivity index (χ0v) is 21.5. The van der Waals surface area contributed by atoms with Gasteiger partial charge in [-0.1, -0.05) is 39.0 Å². The van der Waals surface area contributed by atoms with Crippen LogP contribution in [0.4, 0.5) is 0 Å². The molecule has 5 rings (SSSR count). The van der Waals surface area contributed by atoms with Gasteiger partial charge in [-0.15, -0.1) is 0 Å². The normalized spacial score (nSPS) is 31.5. The summed E-state index contributed by atoms with van der Waals surface area (Å²) in [6.07, 6.45) is 9.28. The maximum atomic E-state index is 13.7. The lowest BCUT2D eigenvalue weighted by Gasteiger charge is -2.53. The fraction of sp³-hybridized carbons (Fsp3) is 0.714. The van der Waals surface area contributed by atoms with Crippen LogP contribution in [-0.2, 0) is 16.1 Å². The molecular weight excluding hydrogens is 442 g/mol. The molecule has 1 atom stereocenters. The molecule has 2 saturated heterocycles. The summed E-state index contributed by atoms with van der Waals surface area (Å²) in [5.41, 5.74) is 0.524. The number of nitrogens with zero attached hydrogens (tertiary/aromatic N) is 2. The monoisotopic (exact) mass is 484 g/mol. The van der Waals surface area contributed by atoms with E-state index < -0.39 is 5.54 Å². The maximum absolute atomic E-state index is 13.7. The number of nitrogens with one attached hydrogen (secondary N) is 1. The van der Waals surface area contributed by atoms with Crippen LogP contribution in [0.1, 0.15) is 70.3 Å². The zero-order valence-electron chi connectivity index (χ0n) is 21.5. The van der Waals surface area contributed by atoms with Crippen LogP contribution in [0.15, 0.2) is 18.2 Å². The third kappa shape index (κ3) is 4.89. The third-order valence-electron chi connectivity index (χ3n) is 8.85. The number of rotatable bonds is 6. The molecule has 1 N–H and O–H groups in total. The van der Waals surface area contributed by atoms with Gasteiger partial charge < -0.3 is 24.2 Å². The zero-order chi connectivity index (χ0) is 24.5. The second-order valence-electron chi connectivity index (χ2n) is 11.5. The van der Waals surface area contributed by atoms with Gasteiger partial charge in [-0.25, -0.2) is 0 Å². The summed E-state index contributed by atoms with van der Waals surface area (Å²) in [6, 6.07) is 5.88. The summed E-state index contributed by atoms with van der Waals surface area (Å²) in [7, 11) is 2.27. The Morgan fingerprint density at radius 1 is 1.06 bits per heavy atom. The first kappa shape index (κ1) is 24.4. The Kier molecular flexibility index (Phi) is 6.97. The number of piperazine rings is 1. The van der Waals surface area contributed by atoms with Crippen LogP contribution in [0.2, 0.25) is 0 Å². The predicted molar refractivity (Wildman–Crippen MR) is 134 cm³/mol. The molecule has 0 radical (unpaired) electrons. The van der Waals surface area contributed by atoms with E-state index in [0.717, 1.165) is 48.5 Å². The SMILES string of the molecule is CCCN1C(=O)C(CC2CCCCC2)NC(=O)C12CC[N+](C)(Cc1ccc3c(c1)OCCO3)CC2. The van der Waals surface area contributed by atoms with Crippen molar-refractivity contribution in [3.05, 3.63) is 23.8 Å². The van der Waals surface area contributed by atoms with Crippen molar-refractivity contribution in [1.29, 1.82) is 0 Å². The Morgan fingerprint density at radius 3 is 2.49 bits per heavy atom. The number of amides is 2. The van der Waals surface area contributed by atoms with Crippen molar-refractivity contribution in [2.45, 2.75) is 82.8 Å². The molecule has 1 aromatic carbocycles. The van der Waals surface area contributed by atoms with E-state index >= 15 is 0 Å². The van der Waals surface area contributed by atoms with Crippen molar-refractivity contribution < 1.29 is 23.5 Å². The first-order valence-corrected chi connectivity index (χ1v) is 13.8. The summed E-state index contributed by atoms with van der Waals surface area (Å²) in [4.78, 5) is 29.3. The predicted octanol–water partition coefficient (Wildman–Crippen LogP) is 3.64. The number of hydrogen-bond acceptors (Lipinski definition) is 4. The van der Waals surface area contributed by atoms with Gasteiger partial charge >= 0.3 is 0 Å². The standard InChI is InChI=1S/C28H41N3O4/c1-3-13-30-26(32)23(18-21-7-5-4-6-8-21)29-27(33)28(30)11-14-31(2,15-12-28)20-22-9-10-24-25(19-22)35-17-16-34-24/h9-10,19,21,23H,3-8,11-18,20H2,1-2H3/p+1.